The molecule has 1 fully saturated rings. The van der Waals surface area contributed by atoms with Crippen LogP contribution in [0.15, 0.2) is 34.6 Å². The Kier molecular flexibility index (Phi) is 5.69. The van der Waals surface area contributed by atoms with E-state index in [-0.39, 0.29) is 24.1 Å². The fourth-order valence-electron chi connectivity index (χ4n) is 3.52. The van der Waals surface area contributed by atoms with Gasteiger partial charge in [0.1, 0.15) is 12.4 Å². The molecule has 0 N–H and O–H groups in total. The number of halogens is 3. The van der Waals surface area contributed by atoms with Crippen molar-refractivity contribution in [3.05, 3.63) is 57.1 Å². The Hall–Kier alpha value is -2.95. The molecule has 1 aliphatic heterocycles. The van der Waals surface area contributed by atoms with E-state index >= 15 is 0 Å². The Morgan fingerprint density at radius 1 is 1.29 bits per heavy atom. The van der Waals surface area contributed by atoms with Crippen molar-refractivity contribution in [3.8, 4) is 0 Å². The summed E-state index contributed by atoms with van der Waals surface area (Å²) in [5, 5.41) is 1.83. The van der Waals surface area contributed by atoms with Crippen LogP contribution in [0, 0.1) is 12.8 Å². The van der Waals surface area contributed by atoms with Crippen molar-refractivity contribution >= 4 is 28.1 Å². The Balaban J connectivity index is 1.32. The number of carbonyl (C=O) groups excluding carboxylic acids is 1. The second-order valence-electron chi connectivity index (χ2n) is 7.35. The number of hydrogen-bond acceptors (Lipinski definition) is 7. The fraction of sp³-hybridized carbons (Fsp3) is 0.400. The van der Waals surface area contributed by atoms with Crippen LogP contribution in [0.2, 0.25) is 0 Å². The average Bonchev–Trinajstić information content (AvgIpc) is 3.13. The molecule has 0 aliphatic carbocycles. The first-order chi connectivity index (χ1) is 14.7. The summed E-state index contributed by atoms with van der Waals surface area (Å²) in [6, 6.07) is 3.71. The van der Waals surface area contributed by atoms with E-state index in [2.05, 4.69) is 9.97 Å². The highest BCUT2D eigenvalue weighted by Gasteiger charge is 2.31. The van der Waals surface area contributed by atoms with E-state index in [1.165, 1.54) is 27.9 Å². The summed E-state index contributed by atoms with van der Waals surface area (Å²) in [4.78, 5) is 35.3. The van der Waals surface area contributed by atoms with Gasteiger partial charge in [-0.25, -0.2) is 9.97 Å². The monoisotopic (exact) mass is 452 g/mol. The van der Waals surface area contributed by atoms with E-state index in [4.69, 9.17) is 4.74 Å². The predicted octanol–water partition coefficient (Wildman–Crippen LogP) is 3.44. The van der Waals surface area contributed by atoms with Crippen LogP contribution < -0.4 is 10.5 Å². The molecule has 11 heteroatoms. The number of alkyl halides is 3. The highest BCUT2D eigenvalue weighted by Crippen LogP contribution is 2.30. The number of nitrogens with zero attached hydrogens (tertiary/aromatic N) is 4. The number of rotatable bonds is 4. The lowest BCUT2D eigenvalue weighted by atomic mass is 9.97. The second-order valence-corrected chi connectivity index (χ2v) is 8.19. The normalized spacial score (nSPS) is 15.4. The predicted molar refractivity (Wildman–Crippen MR) is 108 cm³/mol. The minimum atomic E-state index is -4.42. The number of piperidine rings is 1. The zero-order valence-corrected chi connectivity index (χ0v) is 17.4. The van der Waals surface area contributed by atoms with E-state index in [1.54, 1.807) is 0 Å². The number of hydrogen-bond donors (Lipinski definition) is 0. The van der Waals surface area contributed by atoms with Gasteiger partial charge < -0.3 is 9.64 Å². The standard InChI is InChI=1S/C20H19F3N4O3S/c1-12-11-31-19-25-15(8-17(28)27(12)19)10-30-18(29)13-4-6-26(7-5-13)16-3-2-14(9-24-16)20(21,22)23/h2-3,8-9,11,13H,4-7,10H2,1H3. The van der Waals surface area contributed by atoms with Crippen LogP contribution in [0.1, 0.15) is 29.8 Å². The van der Waals surface area contributed by atoms with Crippen LogP contribution >= 0.6 is 11.3 Å². The highest BCUT2D eigenvalue weighted by molar-refractivity contribution is 7.15. The van der Waals surface area contributed by atoms with Crippen molar-refractivity contribution in [3.63, 3.8) is 0 Å². The molecule has 0 spiro atoms. The molecule has 3 aromatic rings. The van der Waals surface area contributed by atoms with Gasteiger partial charge in [0, 0.05) is 36.4 Å². The summed E-state index contributed by atoms with van der Waals surface area (Å²) in [5.41, 5.74) is 0.188. The lowest BCUT2D eigenvalue weighted by Gasteiger charge is -2.31. The molecule has 0 aromatic carbocycles. The molecule has 31 heavy (non-hydrogen) atoms. The number of anilines is 1. The van der Waals surface area contributed by atoms with Crippen LogP contribution in [-0.2, 0) is 22.3 Å². The zero-order chi connectivity index (χ0) is 22.2. The molecule has 3 aromatic heterocycles. The van der Waals surface area contributed by atoms with Gasteiger partial charge in [-0.3, -0.25) is 14.0 Å². The lowest BCUT2D eigenvalue weighted by molar-refractivity contribution is -0.150. The SMILES string of the molecule is Cc1csc2nc(COC(=O)C3CCN(c4ccc(C(F)(F)F)cn4)CC3)cc(=O)n12. The van der Waals surface area contributed by atoms with Crippen LogP contribution in [0.5, 0.6) is 0 Å². The first-order valence-corrected chi connectivity index (χ1v) is 10.5. The van der Waals surface area contributed by atoms with Gasteiger partial charge in [-0.15, -0.1) is 11.3 Å². The van der Waals surface area contributed by atoms with Crippen molar-refractivity contribution in [1.29, 1.82) is 0 Å². The molecule has 0 amide bonds. The molecule has 0 unspecified atom stereocenters. The molecule has 1 saturated heterocycles. The van der Waals surface area contributed by atoms with E-state index in [0.29, 0.717) is 42.4 Å². The molecule has 4 rings (SSSR count). The maximum Gasteiger partial charge on any atom is 0.417 e. The Bertz CT molecular complexity index is 1150. The fourth-order valence-corrected chi connectivity index (χ4v) is 4.41. The number of fused-ring (bicyclic) bond motifs is 1. The van der Waals surface area contributed by atoms with Crippen molar-refractivity contribution < 1.29 is 22.7 Å². The molecule has 0 saturated carbocycles. The summed E-state index contributed by atoms with van der Waals surface area (Å²) in [6.07, 6.45) is -2.60. The first-order valence-electron chi connectivity index (χ1n) is 9.64. The van der Waals surface area contributed by atoms with Crippen molar-refractivity contribution in [2.45, 2.75) is 32.5 Å². The third-order valence-corrected chi connectivity index (χ3v) is 6.16. The van der Waals surface area contributed by atoms with Crippen molar-refractivity contribution in [1.82, 2.24) is 14.4 Å². The van der Waals surface area contributed by atoms with Crippen LogP contribution in [-0.4, -0.2) is 33.4 Å². The molecular weight excluding hydrogens is 433 g/mol. The molecule has 7 nitrogen and oxygen atoms in total. The van der Waals surface area contributed by atoms with E-state index < -0.39 is 11.7 Å². The smallest absolute Gasteiger partial charge is 0.417 e. The Labute approximate surface area is 179 Å². The third kappa shape index (κ3) is 4.55. The lowest BCUT2D eigenvalue weighted by Crippen LogP contribution is -2.37. The summed E-state index contributed by atoms with van der Waals surface area (Å²) >= 11 is 1.34. The molecule has 164 valence electrons. The molecule has 4 heterocycles. The molecule has 0 bridgehead atoms. The van der Waals surface area contributed by atoms with E-state index in [1.807, 2.05) is 17.2 Å². The van der Waals surface area contributed by atoms with Crippen LogP contribution in [0.25, 0.3) is 4.96 Å². The minimum Gasteiger partial charge on any atom is -0.459 e. The number of aromatic nitrogens is 3. The molecule has 0 atom stereocenters. The Morgan fingerprint density at radius 3 is 2.68 bits per heavy atom. The van der Waals surface area contributed by atoms with Gasteiger partial charge in [0.25, 0.3) is 5.56 Å². The Morgan fingerprint density at radius 2 is 2.03 bits per heavy atom. The summed E-state index contributed by atoms with van der Waals surface area (Å²) < 4.78 is 44.9. The van der Waals surface area contributed by atoms with Crippen LogP contribution in [0.4, 0.5) is 19.0 Å². The van der Waals surface area contributed by atoms with Gasteiger partial charge in [-0.05, 0) is 31.9 Å². The average molecular weight is 452 g/mol. The summed E-state index contributed by atoms with van der Waals surface area (Å²) in [6.45, 7) is 2.71. The maximum absolute atomic E-state index is 12.7. The second kappa shape index (κ2) is 8.29. The van der Waals surface area contributed by atoms with Gasteiger partial charge in [0.15, 0.2) is 4.96 Å². The minimum absolute atomic E-state index is 0.0812. The number of thiazole rings is 1. The molecule has 1 aliphatic rings. The molecule has 0 radical (unpaired) electrons. The maximum atomic E-state index is 12.7. The first kappa shape index (κ1) is 21.3. The number of aryl methyl sites for hydroxylation is 1. The van der Waals surface area contributed by atoms with Gasteiger partial charge in [-0.1, -0.05) is 0 Å². The van der Waals surface area contributed by atoms with Gasteiger partial charge in [0.2, 0.25) is 0 Å². The van der Waals surface area contributed by atoms with Gasteiger partial charge >= 0.3 is 12.1 Å². The topological polar surface area (TPSA) is 76.8 Å². The highest BCUT2D eigenvalue weighted by atomic mass is 32.1. The van der Waals surface area contributed by atoms with Crippen molar-refractivity contribution in [2.75, 3.05) is 18.0 Å². The molecular formula is C20H19F3N4O3S. The van der Waals surface area contributed by atoms with E-state index in [9.17, 15) is 22.8 Å². The number of esters is 1. The van der Waals surface area contributed by atoms with E-state index in [0.717, 1.165) is 18.0 Å². The van der Waals surface area contributed by atoms with Gasteiger partial charge in [0.05, 0.1) is 17.2 Å². The third-order valence-electron chi connectivity index (χ3n) is 5.22. The number of carbonyl (C=O) groups is 1. The summed E-state index contributed by atoms with van der Waals surface area (Å²) in [7, 11) is 0. The number of pyridine rings is 1. The largest absolute Gasteiger partial charge is 0.459 e. The number of ether oxygens (including phenoxy) is 1. The van der Waals surface area contributed by atoms with Crippen LogP contribution in [0.3, 0.4) is 0 Å². The van der Waals surface area contributed by atoms with Gasteiger partial charge in [-0.2, -0.15) is 13.2 Å². The zero-order valence-electron chi connectivity index (χ0n) is 16.6. The summed E-state index contributed by atoms with van der Waals surface area (Å²) in [5.74, 6) is -0.243. The van der Waals surface area contributed by atoms with Crippen molar-refractivity contribution in [2.24, 2.45) is 5.92 Å². The quantitative estimate of drug-likeness (QED) is 0.565.